The van der Waals surface area contributed by atoms with Crippen LogP contribution in [-0.4, -0.2) is 24.2 Å². The molecule has 0 bridgehead atoms. The molecular formula is C13H14F3N. The summed E-state index contributed by atoms with van der Waals surface area (Å²) in [5, 5.41) is 0. The molecule has 0 N–H and O–H groups in total. The van der Waals surface area contributed by atoms with Crippen molar-refractivity contribution in [1.82, 2.24) is 4.90 Å². The molecular weight excluding hydrogens is 227 g/mol. The first-order chi connectivity index (χ1) is 8.05. The molecule has 17 heavy (non-hydrogen) atoms. The minimum atomic E-state index is -4.13. The summed E-state index contributed by atoms with van der Waals surface area (Å²) in [5.74, 6) is -1.33. The third kappa shape index (κ3) is 3.33. The zero-order valence-corrected chi connectivity index (χ0v) is 9.32. The molecule has 1 aliphatic heterocycles. The molecule has 0 fully saturated rings. The highest BCUT2D eigenvalue weighted by atomic mass is 19.4. The van der Waals surface area contributed by atoms with Crippen LogP contribution in [0.2, 0.25) is 0 Å². The summed E-state index contributed by atoms with van der Waals surface area (Å²) >= 11 is 0. The van der Waals surface area contributed by atoms with Gasteiger partial charge in [-0.2, -0.15) is 13.2 Å². The Morgan fingerprint density at radius 3 is 2.53 bits per heavy atom. The quantitative estimate of drug-likeness (QED) is 0.718. The molecule has 0 aliphatic carbocycles. The van der Waals surface area contributed by atoms with Crippen molar-refractivity contribution < 1.29 is 13.2 Å². The number of benzene rings is 1. The molecule has 1 atom stereocenters. The van der Waals surface area contributed by atoms with Gasteiger partial charge in [0.25, 0.3) is 0 Å². The number of hydrogen-bond donors (Lipinski definition) is 0. The standard InChI is InChI=1S/C13H14F3N/c14-13(15,16)12-7-4-8-17(10-12)9-11-5-2-1-3-6-11/h1-7,12H,8-10H2. The Bertz CT molecular complexity index is 383. The molecule has 0 saturated carbocycles. The number of rotatable bonds is 2. The fraction of sp³-hybridized carbons (Fsp3) is 0.385. The largest absolute Gasteiger partial charge is 0.396 e. The fourth-order valence-corrected chi connectivity index (χ4v) is 1.97. The van der Waals surface area contributed by atoms with Gasteiger partial charge in [-0.3, -0.25) is 4.90 Å². The lowest BCUT2D eigenvalue weighted by Crippen LogP contribution is -2.38. The highest BCUT2D eigenvalue weighted by Crippen LogP contribution is 2.30. The maximum Gasteiger partial charge on any atom is 0.396 e. The van der Waals surface area contributed by atoms with E-state index in [1.165, 1.54) is 6.08 Å². The van der Waals surface area contributed by atoms with Crippen LogP contribution in [0.4, 0.5) is 13.2 Å². The second-order valence-corrected chi connectivity index (χ2v) is 4.26. The molecule has 0 radical (unpaired) electrons. The first-order valence-corrected chi connectivity index (χ1v) is 5.55. The third-order valence-corrected chi connectivity index (χ3v) is 2.86. The topological polar surface area (TPSA) is 3.24 Å². The summed E-state index contributed by atoms with van der Waals surface area (Å²) in [7, 11) is 0. The summed E-state index contributed by atoms with van der Waals surface area (Å²) in [6.07, 6.45) is -1.27. The smallest absolute Gasteiger partial charge is 0.295 e. The number of halogens is 3. The molecule has 1 nitrogen and oxygen atoms in total. The van der Waals surface area contributed by atoms with E-state index in [9.17, 15) is 13.2 Å². The molecule has 0 spiro atoms. The van der Waals surface area contributed by atoms with E-state index < -0.39 is 12.1 Å². The molecule has 0 saturated heterocycles. The fourth-order valence-electron chi connectivity index (χ4n) is 1.97. The first kappa shape index (κ1) is 12.2. The number of hydrogen-bond acceptors (Lipinski definition) is 1. The van der Waals surface area contributed by atoms with Gasteiger partial charge in [0.15, 0.2) is 0 Å². The van der Waals surface area contributed by atoms with Crippen LogP contribution in [0.1, 0.15) is 5.56 Å². The lowest BCUT2D eigenvalue weighted by Gasteiger charge is -2.29. The van der Waals surface area contributed by atoms with Crippen molar-refractivity contribution in [2.24, 2.45) is 5.92 Å². The minimum Gasteiger partial charge on any atom is -0.295 e. The Balaban J connectivity index is 1.99. The van der Waals surface area contributed by atoms with Gasteiger partial charge < -0.3 is 0 Å². The van der Waals surface area contributed by atoms with Gasteiger partial charge in [0.1, 0.15) is 0 Å². The van der Waals surface area contributed by atoms with E-state index in [2.05, 4.69) is 0 Å². The zero-order valence-electron chi connectivity index (χ0n) is 9.32. The van der Waals surface area contributed by atoms with Crippen LogP contribution in [-0.2, 0) is 6.54 Å². The van der Waals surface area contributed by atoms with Gasteiger partial charge in [0.05, 0.1) is 5.92 Å². The molecule has 1 aromatic rings. The summed E-state index contributed by atoms with van der Waals surface area (Å²) in [4.78, 5) is 1.81. The van der Waals surface area contributed by atoms with Gasteiger partial charge in [-0.15, -0.1) is 0 Å². The van der Waals surface area contributed by atoms with Crippen molar-refractivity contribution in [2.45, 2.75) is 12.7 Å². The van der Waals surface area contributed by atoms with Crippen LogP contribution in [0.15, 0.2) is 42.5 Å². The molecule has 1 heterocycles. The van der Waals surface area contributed by atoms with Crippen LogP contribution in [0.5, 0.6) is 0 Å². The Morgan fingerprint density at radius 2 is 1.88 bits per heavy atom. The molecule has 1 aromatic carbocycles. The highest BCUT2D eigenvalue weighted by molar-refractivity contribution is 5.15. The number of alkyl halides is 3. The Hall–Kier alpha value is -1.29. The normalized spacial score (nSPS) is 21.7. The van der Waals surface area contributed by atoms with Crippen LogP contribution in [0.25, 0.3) is 0 Å². The summed E-state index contributed by atoms with van der Waals surface area (Å²) in [6.45, 7) is 1.20. The molecule has 1 aliphatic rings. The van der Waals surface area contributed by atoms with Crippen LogP contribution in [0.3, 0.4) is 0 Å². The predicted molar refractivity (Wildman–Crippen MR) is 60.4 cm³/mol. The molecule has 2 rings (SSSR count). The SMILES string of the molecule is FC(F)(F)C1C=CCN(Cc2ccccc2)C1. The second-order valence-electron chi connectivity index (χ2n) is 4.26. The summed E-state index contributed by atoms with van der Waals surface area (Å²) in [5.41, 5.74) is 1.05. The lowest BCUT2D eigenvalue weighted by atomic mass is 10.0. The van der Waals surface area contributed by atoms with E-state index in [0.717, 1.165) is 5.56 Å². The van der Waals surface area contributed by atoms with E-state index in [4.69, 9.17) is 0 Å². The molecule has 0 aromatic heterocycles. The predicted octanol–water partition coefficient (Wildman–Crippen LogP) is 3.24. The maximum absolute atomic E-state index is 12.6. The van der Waals surface area contributed by atoms with Gasteiger partial charge in [-0.05, 0) is 5.56 Å². The van der Waals surface area contributed by atoms with Crippen molar-refractivity contribution in [2.75, 3.05) is 13.1 Å². The first-order valence-electron chi connectivity index (χ1n) is 5.55. The van der Waals surface area contributed by atoms with E-state index in [0.29, 0.717) is 13.1 Å². The average molecular weight is 241 g/mol. The monoisotopic (exact) mass is 241 g/mol. The number of nitrogens with zero attached hydrogens (tertiary/aromatic N) is 1. The van der Waals surface area contributed by atoms with Crippen molar-refractivity contribution >= 4 is 0 Å². The lowest BCUT2D eigenvalue weighted by molar-refractivity contribution is -0.167. The van der Waals surface area contributed by atoms with E-state index >= 15 is 0 Å². The summed E-state index contributed by atoms with van der Waals surface area (Å²) in [6, 6.07) is 9.56. The van der Waals surface area contributed by atoms with Crippen LogP contribution < -0.4 is 0 Å². The zero-order chi connectivity index (χ0) is 12.3. The van der Waals surface area contributed by atoms with Gasteiger partial charge in [-0.25, -0.2) is 0 Å². The van der Waals surface area contributed by atoms with Crippen molar-refractivity contribution in [1.29, 1.82) is 0 Å². The highest BCUT2D eigenvalue weighted by Gasteiger charge is 2.39. The Labute approximate surface area is 98.5 Å². The van der Waals surface area contributed by atoms with E-state index in [-0.39, 0.29) is 6.54 Å². The van der Waals surface area contributed by atoms with Crippen molar-refractivity contribution in [3.8, 4) is 0 Å². The molecule has 1 unspecified atom stereocenters. The molecule has 92 valence electrons. The Morgan fingerprint density at radius 1 is 1.18 bits per heavy atom. The Kier molecular flexibility index (Phi) is 3.52. The molecule has 4 heteroatoms. The molecule has 0 amide bonds. The van der Waals surface area contributed by atoms with Gasteiger partial charge in [-0.1, -0.05) is 42.5 Å². The van der Waals surface area contributed by atoms with Gasteiger partial charge in [0.2, 0.25) is 0 Å². The maximum atomic E-state index is 12.6. The van der Waals surface area contributed by atoms with Gasteiger partial charge in [0, 0.05) is 19.6 Å². The van der Waals surface area contributed by atoms with E-state index in [1.54, 1.807) is 6.08 Å². The minimum absolute atomic E-state index is 0.0505. The van der Waals surface area contributed by atoms with Gasteiger partial charge >= 0.3 is 6.18 Å². The van der Waals surface area contributed by atoms with Crippen molar-refractivity contribution in [3.05, 3.63) is 48.0 Å². The average Bonchev–Trinajstić information content (AvgIpc) is 2.29. The van der Waals surface area contributed by atoms with E-state index in [1.807, 2.05) is 35.2 Å². The second kappa shape index (κ2) is 4.92. The van der Waals surface area contributed by atoms with Crippen molar-refractivity contribution in [3.63, 3.8) is 0 Å². The van der Waals surface area contributed by atoms with Crippen LogP contribution >= 0.6 is 0 Å². The van der Waals surface area contributed by atoms with Crippen LogP contribution in [0, 0.1) is 5.92 Å². The third-order valence-electron chi connectivity index (χ3n) is 2.86. The summed E-state index contributed by atoms with van der Waals surface area (Å²) < 4.78 is 37.7.